The third-order valence-electron chi connectivity index (χ3n) is 3.30. The number of hydrogen-bond donors (Lipinski definition) is 2. The molecule has 1 aromatic rings. The minimum absolute atomic E-state index is 0.0730. The van der Waals surface area contributed by atoms with Gasteiger partial charge in [-0.05, 0) is 32.0 Å². The number of nitrogens with two attached hydrogens (primary N) is 1. The third kappa shape index (κ3) is 4.49. The predicted octanol–water partition coefficient (Wildman–Crippen LogP) is 1.21. The van der Waals surface area contributed by atoms with Crippen LogP contribution in [0.5, 0.6) is 0 Å². The maximum absolute atomic E-state index is 13.6. The van der Waals surface area contributed by atoms with Crippen LogP contribution in [0, 0.1) is 5.82 Å². The number of carbonyl (C=O) groups excluding carboxylic acids is 1. The number of primary amides is 1. The van der Waals surface area contributed by atoms with Crippen LogP contribution in [-0.2, 0) is 16.1 Å². The van der Waals surface area contributed by atoms with Crippen molar-refractivity contribution in [1.29, 1.82) is 0 Å². The summed E-state index contributed by atoms with van der Waals surface area (Å²) in [5.41, 5.74) is 5.53. The van der Waals surface area contributed by atoms with Crippen LogP contribution in [0.15, 0.2) is 18.2 Å². The minimum atomic E-state index is -0.585. The van der Waals surface area contributed by atoms with E-state index in [1.807, 2.05) is 13.8 Å². The standard InChI is InChI=1S/C15H21FN2O3/c1-15(2)9-18-6-12(21-15)8-20-7-11-5-10(14(17)19)3-4-13(11)16/h3-5,12,18H,6-9H2,1-2H3,(H2,17,19). The van der Waals surface area contributed by atoms with Gasteiger partial charge in [0.25, 0.3) is 0 Å². The Morgan fingerprint density at radius 2 is 2.33 bits per heavy atom. The SMILES string of the molecule is CC1(C)CNCC(COCc2cc(C(N)=O)ccc2F)O1. The number of nitrogens with one attached hydrogen (secondary N) is 1. The third-order valence-corrected chi connectivity index (χ3v) is 3.30. The molecule has 1 aliphatic rings. The molecule has 116 valence electrons. The molecule has 1 aromatic carbocycles. The van der Waals surface area contributed by atoms with E-state index in [4.69, 9.17) is 15.2 Å². The zero-order chi connectivity index (χ0) is 15.5. The summed E-state index contributed by atoms with van der Waals surface area (Å²) >= 11 is 0. The average Bonchev–Trinajstić information content (AvgIpc) is 2.39. The normalized spacial score (nSPS) is 21.2. The van der Waals surface area contributed by atoms with E-state index in [0.29, 0.717) is 18.7 Å². The van der Waals surface area contributed by atoms with Crippen molar-refractivity contribution in [1.82, 2.24) is 5.32 Å². The fourth-order valence-electron chi connectivity index (χ4n) is 2.30. The topological polar surface area (TPSA) is 73.6 Å². The van der Waals surface area contributed by atoms with Crippen molar-refractivity contribution in [3.8, 4) is 0 Å². The summed E-state index contributed by atoms with van der Waals surface area (Å²) in [5, 5.41) is 3.27. The quantitative estimate of drug-likeness (QED) is 0.856. The van der Waals surface area contributed by atoms with Gasteiger partial charge in [0, 0.05) is 24.2 Å². The van der Waals surface area contributed by atoms with Crippen LogP contribution in [0.1, 0.15) is 29.8 Å². The minimum Gasteiger partial charge on any atom is -0.374 e. The molecule has 1 heterocycles. The van der Waals surface area contributed by atoms with Crippen LogP contribution < -0.4 is 11.1 Å². The first-order valence-corrected chi connectivity index (χ1v) is 6.92. The van der Waals surface area contributed by atoms with Gasteiger partial charge in [-0.3, -0.25) is 4.79 Å². The van der Waals surface area contributed by atoms with E-state index >= 15 is 0 Å². The second-order valence-corrected chi connectivity index (χ2v) is 5.82. The van der Waals surface area contributed by atoms with E-state index < -0.39 is 11.7 Å². The van der Waals surface area contributed by atoms with Gasteiger partial charge < -0.3 is 20.5 Å². The highest BCUT2D eigenvalue weighted by atomic mass is 19.1. The fourth-order valence-corrected chi connectivity index (χ4v) is 2.30. The summed E-state index contributed by atoms with van der Waals surface area (Å²) in [6.45, 7) is 5.93. The van der Waals surface area contributed by atoms with Crippen LogP contribution in [0.25, 0.3) is 0 Å². The van der Waals surface area contributed by atoms with Crippen molar-refractivity contribution in [2.24, 2.45) is 5.73 Å². The fraction of sp³-hybridized carbons (Fsp3) is 0.533. The molecule has 1 saturated heterocycles. The van der Waals surface area contributed by atoms with Gasteiger partial charge in [-0.25, -0.2) is 4.39 Å². The molecule has 1 unspecified atom stereocenters. The molecule has 0 spiro atoms. The van der Waals surface area contributed by atoms with Gasteiger partial charge in [-0.15, -0.1) is 0 Å². The summed E-state index contributed by atoms with van der Waals surface area (Å²) in [6.07, 6.45) is -0.0730. The number of rotatable bonds is 5. The van der Waals surface area contributed by atoms with E-state index in [2.05, 4.69) is 5.32 Å². The van der Waals surface area contributed by atoms with Crippen molar-refractivity contribution >= 4 is 5.91 Å². The Morgan fingerprint density at radius 3 is 3.00 bits per heavy atom. The first-order valence-electron chi connectivity index (χ1n) is 6.92. The Balaban J connectivity index is 1.88. The Kier molecular flexibility index (Phi) is 4.92. The summed E-state index contributed by atoms with van der Waals surface area (Å²) in [6, 6.07) is 4.00. The van der Waals surface area contributed by atoms with Crippen molar-refractivity contribution in [2.45, 2.75) is 32.2 Å². The van der Waals surface area contributed by atoms with Crippen LogP contribution >= 0.6 is 0 Å². The lowest BCUT2D eigenvalue weighted by molar-refractivity contribution is -0.122. The van der Waals surface area contributed by atoms with E-state index in [1.165, 1.54) is 18.2 Å². The molecule has 0 radical (unpaired) electrons. The molecule has 1 amide bonds. The predicted molar refractivity (Wildman–Crippen MR) is 76.4 cm³/mol. The Morgan fingerprint density at radius 1 is 1.57 bits per heavy atom. The highest BCUT2D eigenvalue weighted by Crippen LogP contribution is 2.16. The van der Waals surface area contributed by atoms with Gasteiger partial charge in [0.05, 0.1) is 24.9 Å². The molecule has 1 fully saturated rings. The monoisotopic (exact) mass is 296 g/mol. The smallest absolute Gasteiger partial charge is 0.248 e. The van der Waals surface area contributed by atoms with E-state index in [-0.39, 0.29) is 23.9 Å². The Hall–Kier alpha value is -1.50. The lowest BCUT2D eigenvalue weighted by atomic mass is 10.1. The molecule has 1 aliphatic heterocycles. The zero-order valence-electron chi connectivity index (χ0n) is 12.3. The number of benzene rings is 1. The highest BCUT2D eigenvalue weighted by molar-refractivity contribution is 5.92. The maximum Gasteiger partial charge on any atom is 0.248 e. The van der Waals surface area contributed by atoms with Crippen LogP contribution in [0.3, 0.4) is 0 Å². The number of halogens is 1. The Bertz CT molecular complexity index is 520. The molecule has 21 heavy (non-hydrogen) atoms. The lowest BCUT2D eigenvalue weighted by Crippen LogP contribution is -2.51. The lowest BCUT2D eigenvalue weighted by Gasteiger charge is -2.36. The molecule has 5 nitrogen and oxygen atoms in total. The molecule has 0 aliphatic carbocycles. The van der Waals surface area contributed by atoms with Gasteiger partial charge in [0.2, 0.25) is 5.91 Å². The van der Waals surface area contributed by atoms with E-state index in [0.717, 1.165) is 6.54 Å². The van der Waals surface area contributed by atoms with Crippen molar-refractivity contribution in [3.63, 3.8) is 0 Å². The van der Waals surface area contributed by atoms with Crippen molar-refractivity contribution in [3.05, 3.63) is 35.1 Å². The van der Waals surface area contributed by atoms with E-state index in [9.17, 15) is 9.18 Å². The van der Waals surface area contributed by atoms with Crippen LogP contribution in [0.2, 0.25) is 0 Å². The largest absolute Gasteiger partial charge is 0.374 e. The molecule has 6 heteroatoms. The van der Waals surface area contributed by atoms with Gasteiger partial charge >= 0.3 is 0 Å². The maximum atomic E-state index is 13.6. The summed E-state index contributed by atoms with van der Waals surface area (Å²) in [5.74, 6) is -0.999. The summed E-state index contributed by atoms with van der Waals surface area (Å²) in [7, 11) is 0. The molecule has 3 N–H and O–H groups in total. The number of hydrogen-bond acceptors (Lipinski definition) is 4. The first kappa shape index (κ1) is 15.9. The first-order chi connectivity index (χ1) is 9.87. The van der Waals surface area contributed by atoms with Gasteiger partial charge in [-0.2, -0.15) is 0 Å². The molecule has 0 bridgehead atoms. The van der Waals surface area contributed by atoms with Crippen molar-refractivity contribution < 1.29 is 18.7 Å². The van der Waals surface area contributed by atoms with Gasteiger partial charge in [0.15, 0.2) is 0 Å². The summed E-state index contributed by atoms with van der Waals surface area (Å²) < 4.78 is 25.0. The number of carbonyl (C=O) groups is 1. The highest BCUT2D eigenvalue weighted by Gasteiger charge is 2.28. The number of ether oxygens (including phenoxy) is 2. The zero-order valence-corrected chi connectivity index (χ0v) is 12.3. The molecule has 0 aromatic heterocycles. The average molecular weight is 296 g/mol. The number of morpholine rings is 1. The molecule has 0 saturated carbocycles. The second-order valence-electron chi connectivity index (χ2n) is 5.82. The molecule has 2 rings (SSSR count). The van der Waals surface area contributed by atoms with E-state index in [1.54, 1.807) is 0 Å². The molecule has 1 atom stereocenters. The number of amides is 1. The molecular formula is C15H21FN2O3. The van der Waals surface area contributed by atoms with Gasteiger partial charge in [-0.1, -0.05) is 0 Å². The summed E-state index contributed by atoms with van der Waals surface area (Å²) in [4.78, 5) is 11.1. The van der Waals surface area contributed by atoms with Crippen LogP contribution in [-0.4, -0.2) is 37.3 Å². The van der Waals surface area contributed by atoms with Crippen molar-refractivity contribution in [2.75, 3.05) is 19.7 Å². The van der Waals surface area contributed by atoms with Crippen LogP contribution in [0.4, 0.5) is 4.39 Å². The Labute approximate surface area is 123 Å². The van der Waals surface area contributed by atoms with Gasteiger partial charge in [0.1, 0.15) is 5.82 Å². The molecular weight excluding hydrogens is 275 g/mol. The second kappa shape index (κ2) is 6.51.